The number of ether oxygens (including phenoxy) is 2. The molecule has 0 spiro atoms. The summed E-state index contributed by atoms with van der Waals surface area (Å²) in [6.07, 6.45) is 0. The monoisotopic (exact) mass is 378 g/mol. The quantitative estimate of drug-likeness (QED) is 0.425. The molecule has 3 rings (SSSR count). The van der Waals surface area contributed by atoms with Gasteiger partial charge in [0.1, 0.15) is 17.1 Å². The molecule has 130 valence electrons. The van der Waals surface area contributed by atoms with Crippen molar-refractivity contribution in [3.05, 3.63) is 68.5 Å². The average molecular weight is 379 g/mol. The van der Waals surface area contributed by atoms with Gasteiger partial charge in [0.25, 0.3) is 0 Å². The lowest BCUT2D eigenvalue weighted by atomic mass is 10.00. The minimum absolute atomic E-state index is 0.0163. The molecule has 0 fully saturated rings. The number of rotatable bonds is 5. The number of hydrogen-bond acceptors (Lipinski definition) is 4. The van der Waals surface area contributed by atoms with Gasteiger partial charge < -0.3 is 13.9 Å². The molecule has 0 aliphatic heterocycles. The van der Waals surface area contributed by atoms with Gasteiger partial charge >= 0.3 is 5.63 Å². The second-order valence-electron chi connectivity index (χ2n) is 5.82. The van der Waals surface area contributed by atoms with Crippen LogP contribution < -0.4 is 15.1 Å². The summed E-state index contributed by atoms with van der Waals surface area (Å²) in [5.74, 6) is 1.30. The Morgan fingerprint density at radius 1 is 0.960 bits per heavy atom. The Balaban J connectivity index is 1.76. The van der Waals surface area contributed by atoms with E-state index in [1.165, 1.54) is 6.07 Å². The maximum atomic E-state index is 11.7. The largest absolute Gasteiger partial charge is 0.457 e. The van der Waals surface area contributed by atoms with E-state index in [0.717, 1.165) is 10.9 Å². The summed E-state index contributed by atoms with van der Waals surface area (Å²) >= 11 is 11.8. The van der Waals surface area contributed by atoms with E-state index in [0.29, 0.717) is 27.1 Å². The van der Waals surface area contributed by atoms with E-state index in [-0.39, 0.29) is 18.3 Å². The zero-order chi connectivity index (χ0) is 18.0. The minimum Gasteiger partial charge on any atom is -0.457 e. The van der Waals surface area contributed by atoms with Crippen LogP contribution >= 0.6 is 23.2 Å². The van der Waals surface area contributed by atoms with Crippen molar-refractivity contribution in [3.63, 3.8) is 0 Å². The molecule has 0 saturated carbocycles. The van der Waals surface area contributed by atoms with Crippen LogP contribution in [-0.2, 0) is 0 Å². The molecule has 6 heteroatoms. The van der Waals surface area contributed by atoms with Crippen molar-refractivity contribution in [2.75, 3.05) is 6.79 Å². The van der Waals surface area contributed by atoms with E-state index in [4.69, 9.17) is 37.1 Å². The fourth-order valence-corrected chi connectivity index (χ4v) is 2.76. The number of fused-ring (bicyclic) bond motifs is 1. The summed E-state index contributed by atoms with van der Waals surface area (Å²) in [7, 11) is 0. The SMILES string of the molecule is CC(C)c1cc(=O)oc2cc(OCOc3ccc(Cl)c(Cl)c3)ccc12. The van der Waals surface area contributed by atoms with E-state index in [9.17, 15) is 4.79 Å². The fourth-order valence-electron chi connectivity index (χ4n) is 2.47. The molecule has 1 heterocycles. The van der Waals surface area contributed by atoms with Crippen LogP contribution in [0, 0.1) is 0 Å². The Hall–Kier alpha value is -2.17. The van der Waals surface area contributed by atoms with Crippen molar-refractivity contribution in [2.24, 2.45) is 0 Å². The van der Waals surface area contributed by atoms with Crippen molar-refractivity contribution in [1.82, 2.24) is 0 Å². The van der Waals surface area contributed by atoms with Crippen LogP contribution in [0.3, 0.4) is 0 Å². The molecule has 0 N–H and O–H groups in total. The van der Waals surface area contributed by atoms with Gasteiger partial charge in [-0.3, -0.25) is 0 Å². The van der Waals surface area contributed by atoms with E-state index in [2.05, 4.69) is 0 Å². The minimum atomic E-state index is -0.375. The average Bonchev–Trinajstić information content (AvgIpc) is 2.57. The van der Waals surface area contributed by atoms with E-state index in [1.54, 1.807) is 24.3 Å². The Morgan fingerprint density at radius 2 is 1.64 bits per heavy atom. The first-order valence-electron chi connectivity index (χ1n) is 7.72. The molecule has 0 atom stereocenters. The van der Waals surface area contributed by atoms with Crippen LogP contribution in [0.25, 0.3) is 11.0 Å². The molecule has 3 aromatic rings. The molecule has 0 radical (unpaired) electrons. The molecule has 2 aromatic carbocycles. The Bertz CT molecular complexity index is 963. The Morgan fingerprint density at radius 3 is 2.32 bits per heavy atom. The van der Waals surface area contributed by atoms with Gasteiger partial charge in [-0.2, -0.15) is 0 Å². The van der Waals surface area contributed by atoms with E-state index < -0.39 is 0 Å². The van der Waals surface area contributed by atoms with Gasteiger partial charge in [-0.25, -0.2) is 4.79 Å². The predicted molar refractivity (Wildman–Crippen MR) is 99.2 cm³/mol. The molecular weight excluding hydrogens is 363 g/mol. The van der Waals surface area contributed by atoms with Crippen LogP contribution in [-0.4, -0.2) is 6.79 Å². The van der Waals surface area contributed by atoms with Crippen LogP contribution in [0.2, 0.25) is 10.0 Å². The molecular formula is C19H16Cl2O4. The molecule has 0 bridgehead atoms. The first-order valence-corrected chi connectivity index (χ1v) is 8.48. The smallest absolute Gasteiger partial charge is 0.336 e. The Kier molecular flexibility index (Phi) is 5.21. The van der Waals surface area contributed by atoms with Crippen LogP contribution in [0.1, 0.15) is 25.3 Å². The molecule has 0 aliphatic carbocycles. The normalized spacial score (nSPS) is 11.1. The molecule has 25 heavy (non-hydrogen) atoms. The van der Waals surface area contributed by atoms with Crippen LogP contribution in [0.5, 0.6) is 11.5 Å². The van der Waals surface area contributed by atoms with Crippen molar-refractivity contribution in [1.29, 1.82) is 0 Å². The van der Waals surface area contributed by atoms with Crippen LogP contribution in [0.4, 0.5) is 0 Å². The lowest BCUT2D eigenvalue weighted by Crippen LogP contribution is -2.06. The highest BCUT2D eigenvalue weighted by atomic mass is 35.5. The molecule has 0 saturated heterocycles. The van der Waals surface area contributed by atoms with Crippen molar-refractivity contribution in [3.8, 4) is 11.5 Å². The molecule has 0 unspecified atom stereocenters. The van der Waals surface area contributed by atoms with Gasteiger partial charge in [-0.15, -0.1) is 0 Å². The van der Waals surface area contributed by atoms with Gasteiger partial charge in [-0.1, -0.05) is 37.0 Å². The Labute approximate surface area is 154 Å². The van der Waals surface area contributed by atoms with Crippen molar-refractivity contribution >= 4 is 34.2 Å². The number of halogens is 2. The van der Waals surface area contributed by atoms with Gasteiger partial charge in [0.15, 0.2) is 0 Å². The molecule has 0 amide bonds. The standard InChI is InChI=1S/C19H16Cl2O4/c1-11(2)15-9-19(22)25-18-8-13(3-5-14(15)18)24-10-23-12-4-6-16(20)17(21)7-12/h3-9,11H,10H2,1-2H3. The fraction of sp³-hybridized carbons (Fsp3) is 0.211. The highest BCUT2D eigenvalue weighted by molar-refractivity contribution is 6.42. The summed E-state index contributed by atoms with van der Waals surface area (Å²) in [6, 6.07) is 11.9. The summed E-state index contributed by atoms with van der Waals surface area (Å²) in [4.78, 5) is 11.7. The topological polar surface area (TPSA) is 48.7 Å². The van der Waals surface area contributed by atoms with Crippen molar-refractivity contribution < 1.29 is 13.9 Å². The van der Waals surface area contributed by atoms with Gasteiger partial charge in [0.05, 0.1) is 10.0 Å². The first kappa shape index (κ1) is 17.6. The number of hydrogen-bond donors (Lipinski definition) is 0. The van der Waals surface area contributed by atoms with E-state index >= 15 is 0 Å². The van der Waals surface area contributed by atoms with Gasteiger partial charge in [-0.05, 0) is 35.7 Å². The van der Waals surface area contributed by atoms with Crippen molar-refractivity contribution in [2.45, 2.75) is 19.8 Å². The highest BCUT2D eigenvalue weighted by Gasteiger charge is 2.10. The van der Waals surface area contributed by atoms with Gasteiger partial charge in [0, 0.05) is 23.6 Å². The lowest BCUT2D eigenvalue weighted by Gasteiger charge is -2.11. The third kappa shape index (κ3) is 4.09. The van der Waals surface area contributed by atoms with Gasteiger partial charge in [0.2, 0.25) is 6.79 Å². The summed E-state index contributed by atoms with van der Waals surface area (Å²) in [6.45, 7) is 4.05. The third-order valence-electron chi connectivity index (χ3n) is 3.71. The van der Waals surface area contributed by atoms with Crippen LogP contribution in [0.15, 0.2) is 51.7 Å². The maximum Gasteiger partial charge on any atom is 0.336 e. The molecule has 4 nitrogen and oxygen atoms in total. The second-order valence-corrected chi connectivity index (χ2v) is 6.63. The lowest BCUT2D eigenvalue weighted by molar-refractivity contribution is 0.120. The van der Waals surface area contributed by atoms with E-state index in [1.807, 2.05) is 26.0 Å². The molecule has 0 aliphatic rings. The zero-order valence-electron chi connectivity index (χ0n) is 13.7. The summed E-state index contributed by atoms with van der Waals surface area (Å²) < 4.78 is 16.3. The summed E-state index contributed by atoms with van der Waals surface area (Å²) in [5, 5.41) is 1.76. The number of benzene rings is 2. The zero-order valence-corrected chi connectivity index (χ0v) is 15.2. The predicted octanol–water partition coefficient (Wildman–Crippen LogP) is 5.64. The third-order valence-corrected chi connectivity index (χ3v) is 4.45. The summed E-state index contributed by atoms with van der Waals surface area (Å²) in [5.41, 5.74) is 1.06. The second kappa shape index (κ2) is 7.38. The highest BCUT2D eigenvalue weighted by Crippen LogP contribution is 2.28. The maximum absolute atomic E-state index is 11.7. The molecule has 1 aromatic heterocycles. The first-order chi connectivity index (χ1) is 11.9.